The lowest BCUT2D eigenvalue weighted by Gasteiger charge is -2.41. The van der Waals surface area contributed by atoms with Crippen LogP contribution in [0.4, 0.5) is 0 Å². The summed E-state index contributed by atoms with van der Waals surface area (Å²) in [6.45, 7) is 1.16. The van der Waals surface area contributed by atoms with Gasteiger partial charge in [0.05, 0.1) is 0 Å². The maximum Gasteiger partial charge on any atom is 0.284 e. The van der Waals surface area contributed by atoms with Crippen LogP contribution in [0.5, 0.6) is 0 Å². The van der Waals surface area contributed by atoms with Gasteiger partial charge in [0, 0.05) is 37.2 Å². The summed E-state index contributed by atoms with van der Waals surface area (Å²) in [4.78, 5) is 19.1. The molecule has 0 N–H and O–H groups in total. The number of aromatic nitrogens is 4. The van der Waals surface area contributed by atoms with E-state index in [9.17, 15) is 13.2 Å². The molecule has 2 fully saturated rings. The molecular formula is C20H16N6O4S2. The van der Waals surface area contributed by atoms with Gasteiger partial charge in [-0.1, -0.05) is 36.4 Å². The lowest BCUT2D eigenvalue weighted by Crippen LogP contribution is -2.57. The van der Waals surface area contributed by atoms with Crippen molar-refractivity contribution in [3.63, 3.8) is 0 Å². The minimum Gasteiger partial charge on any atom is -0.335 e. The maximum absolute atomic E-state index is 13.3. The summed E-state index contributed by atoms with van der Waals surface area (Å²) >= 11 is 1.06. The number of sulfonamides is 1. The van der Waals surface area contributed by atoms with Gasteiger partial charge in [0.25, 0.3) is 5.91 Å². The van der Waals surface area contributed by atoms with Gasteiger partial charge < -0.3 is 4.90 Å². The molecule has 0 unspecified atom stereocenters. The number of carbonyl (C=O) groups is 1. The van der Waals surface area contributed by atoms with E-state index in [2.05, 4.69) is 19.7 Å². The van der Waals surface area contributed by atoms with E-state index in [0.29, 0.717) is 36.0 Å². The van der Waals surface area contributed by atoms with E-state index in [-0.39, 0.29) is 28.3 Å². The molecule has 2 aliphatic rings. The molecule has 0 spiro atoms. The van der Waals surface area contributed by atoms with Gasteiger partial charge in [-0.3, -0.25) is 4.79 Å². The summed E-state index contributed by atoms with van der Waals surface area (Å²) in [5.74, 6) is 0.378. The highest BCUT2D eigenvalue weighted by molar-refractivity contribution is 7.89. The fraction of sp³-hybridized carbons (Fsp3) is 0.250. The number of rotatable bonds is 4. The number of amides is 1. The molecule has 4 heterocycles. The summed E-state index contributed by atoms with van der Waals surface area (Å²) < 4.78 is 37.0. The van der Waals surface area contributed by atoms with Crippen LogP contribution in [0.3, 0.4) is 0 Å². The minimum absolute atomic E-state index is 0.0658. The molecule has 4 aromatic rings. The van der Waals surface area contributed by atoms with E-state index >= 15 is 0 Å². The van der Waals surface area contributed by atoms with Crippen molar-refractivity contribution in [1.29, 1.82) is 0 Å². The van der Waals surface area contributed by atoms with E-state index in [0.717, 1.165) is 17.1 Å². The van der Waals surface area contributed by atoms with Gasteiger partial charge in [-0.15, -0.1) is 0 Å². The van der Waals surface area contributed by atoms with Crippen molar-refractivity contribution in [2.24, 2.45) is 5.92 Å². The molecule has 6 rings (SSSR count). The third kappa shape index (κ3) is 2.94. The SMILES string of the molecule is O=C(c1nc(-c2ccccc2)ns1)N1C[C@H]2CN(S(=O)(=O)c3cccc4nonc34)[C@@H]2C1. The second-order valence-electron chi connectivity index (χ2n) is 7.79. The number of nitrogens with zero attached hydrogens (tertiary/aromatic N) is 6. The number of carbonyl (C=O) groups excluding carboxylic acids is 1. The number of hydrogen-bond acceptors (Lipinski definition) is 9. The smallest absolute Gasteiger partial charge is 0.284 e. The fourth-order valence-corrected chi connectivity index (χ4v) is 6.82. The van der Waals surface area contributed by atoms with E-state index in [1.165, 1.54) is 10.4 Å². The summed E-state index contributed by atoms with van der Waals surface area (Å²) in [6, 6.07) is 13.9. The number of benzene rings is 2. The van der Waals surface area contributed by atoms with Crippen LogP contribution in [0.2, 0.25) is 0 Å². The van der Waals surface area contributed by atoms with Crippen molar-refractivity contribution < 1.29 is 17.8 Å². The molecule has 0 aliphatic carbocycles. The zero-order valence-corrected chi connectivity index (χ0v) is 18.2. The maximum atomic E-state index is 13.3. The lowest BCUT2D eigenvalue weighted by molar-refractivity contribution is 0.0788. The summed E-state index contributed by atoms with van der Waals surface area (Å²) in [6.07, 6.45) is 0. The zero-order chi connectivity index (χ0) is 21.9. The molecule has 2 aliphatic heterocycles. The predicted molar refractivity (Wildman–Crippen MR) is 114 cm³/mol. The normalized spacial score (nSPS) is 20.9. The standard InChI is InChI=1S/C20H16N6O4S2/c27-20(19-21-18(24-31-19)12-5-2-1-3-6-12)25-9-13-10-26(15(13)11-25)32(28,29)16-8-4-7-14-17(16)23-30-22-14/h1-8,13,15H,9-11H2/t13-,15+/m0/s1. The van der Waals surface area contributed by atoms with Crippen LogP contribution in [-0.2, 0) is 10.0 Å². The Balaban J connectivity index is 1.21. The fourth-order valence-electron chi connectivity index (χ4n) is 4.30. The Labute approximate surface area is 186 Å². The summed E-state index contributed by atoms with van der Waals surface area (Å²) in [5, 5.41) is 7.78. The summed E-state index contributed by atoms with van der Waals surface area (Å²) in [7, 11) is -3.79. The number of fused-ring (bicyclic) bond motifs is 2. The van der Waals surface area contributed by atoms with E-state index < -0.39 is 10.0 Å². The first-order valence-electron chi connectivity index (χ1n) is 9.94. The highest BCUT2D eigenvalue weighted by atomic mass is 32.2. The van der Waals surface area contributed by atoms with Crippen molar-refractivity contribution in [3.8, 4) is 11.4 Å². The van der Waals surface area contributed by atoms with Gasteiger partial charge in [-0.05, 0) is 34.0 Å². The lowest BCUT2D eigenvalue weighted by atomic mass is 9.96. The second kappa shape index (κ2) is 7.15. The van der Waals surface area contributed by atoms with Crippen molar-refractivity contribution in [2.75, 3.05) is 19.6 Å². The van der Waals surface area contributed by atoms with Gasteiger partial charge in [0.15, 0.2) is 11.3 Å². The quantitative estimate of drug-likeness (QED) is 0.445. The molecule has 162 valence electrons. The first-order valence-corrected chi connectivity index (χ1v) is 12.2. The Morgan fingerprint density at radius 3 is 2.72 bits per heavy atom. The number of likely N-dealkylation sites (tertiary alicyclic amines) is 1. The molecule has 1 amide bonds. The van der Waals surface area contributed by atoms with Crippen LogP contribution in [0.15, 0.2) is 58.1 Å². The third-order valence-corrected chi connectivity index (χ3v) is 8.58. The Hall–Kier alpha value is -3.22. The van der Waals surface area contributed by atoms with Crippen LogP contribution >= 0.6 is 11.5 Å². The highest BCUT2D eigenvalue weighted by Crippen LogP contribution is 2.38. The zero-order valence-electron chi connectivity index (χ0n) is 16.5. The van der Waals surface area contributed by atoms with Gasteiger partial charge in [0.2, 0.25) is 15.0 Å². The van der Waals surface area contributed by atoms with E-state index in [4.69, 9.17) is 4.63 Å². The predicted octanol–water partition coefficient (Wildman–Crippen LogP) is 1.89. The van der Waals surface area contributed by atoms with Gasteiger partial charge >= 0.3 is 0 Å². The Morgan fingerprint density at radius 2 is 1.88 bits per heavy atom. The van der Waals surface area contributed by atoms with Crippen LogP contribution in [0, 0.1) is 5.92 Å². The van der Waals surface area contributed by atoms with Crippen LogP contribution in [-0.4, -0.2) is 68.9 Å². The van der Waals surface area contributed by atoms with Crippen LogP contribution < -0.4 is 0 Å². The first-order chi connectivity index (χ1) is 15.5. The van der Waals surface area contributed by atoms with Gasteiger partial charge in [-0.25, -0.2) is 18.0 Å². The molecule has 2 atom stereocenters. The molecule has 2 aromatic carbocycles. The Kier molecular flexibility index (Phi) is 4.35. The molecular weight excluding hydrogens is 452 g/mol. The van der Waals surface area contributed by atoms with Gasteiger partial charge in [-0.2, -0.15) is 8.68 Å². The van der Waals surface area contributed by atoms with E-state index in [1.54, 1.807) is 17.0 Å². The largest absolute Gasteiger partial charge is 0.335 e. The van der Waals surface area contributed by atoms with Crippen molar-refractivity contribution in [2.45, 2.75) is 10.9 Å². The molecule has 2 aromatic heterocycles. The minimum atomic E-state index is -3.79. The average molecular weight is 469 g/mol. The Bertz CT molecular complexity index is 1430. The molecule has 32 heavy (non-hydrogen) atoms. The second-order valence-corrected chi connectivity index (χ2v) is 10.4. The molecule has 0 radical (unpaired) electrons. The molecule has 10 nitrogen and oxygen atoms in total. The van der Waals surface area contributed by atoms with Crippen LogP contribution in [0.1, 0.15) is 9.80 Å². The summed E-state index contributed by atoms with van der Waals surface area (Å²) in [5.41, 5.74) is 1.44. The van der Waals surface area contributed by atoms with Crippen molar-refractivity contribution in [3.05, 3.63) is 53.5 Å². The van der Waals surface area contributed by atoms with Gasteiger partial charge in [0.1, 0.15) is 10.4 Å². The molecule has 0 bridgehead atoms. The van der Waals surface area contributed by atoms with Crippen molar-refractivity contribution >= 4 is 38.5 Å². The van der Waals surface area contributed by atoms with Crippen molar-refractivity contribution in [1.82, 2.24) is 28.9 Å². The molecule has 12 heteroatoms. The first kappa shape index (κ1) is 19.5. The number of hydrogen-bond donors (Lipinski definition) is 0. The topological polar surface area (TPSA) is 122 Å². The molecule has 2 saturated heterocycles. The Morgan fingerprint density at radius 1 is 1.03 bits per heavy atom. The van der Waals surface area contributed by atoms with Crippen LogP contribution in [0.25, 0.3) is 22.4 Å². The van der Waals surface area contributed by atoms with E-state index in [1.807, 2.05) is 30.3 Å². The highest BCUT2D eigenvalue weighted by Gasteiger charge is 2.52. The third-order valence-electron chi connectivity index (χ3n) is 5.95. The monoisotopic (exact) mass is 468 g/mol. The molecule has 0 saturated carbocycles. The average Bonchev–Trinajstić information content (AvgIpc) is 3.53.